The molecule has 0 saturated heterocycles. The van der Waals surface area contributed by atoms with Gasteiger partial charge >= 0.3 is 0 Å². The van der Waals surface area contributed by atoms with Gasteiger partial charge in [-0.25, -0.2) is 9.98 Å². The van der Waals surface area contributed by atoms with E-state index < -0.39 is 0 Å². The summed E-state index contributed by atoms with van der Waals surface area (Å²) in [6, 6.07) is 0. The van der Waals surface area contributed by atoms with Gasteiger partial charge < -0.3 is 10.6 Å². The molecule has 0 aliphatic heterocycles. The van der Waals surface area contributed by atoms with Gasteiger partial charge in [-0.15, -0.1) is 35.3 Å². The van der Waals surface area contributed by atoms with Crippen molar-refractivity contribution in [1.29, 1.82) is 0 Å². The van der Waals surface area contributed by atoms with Crippen LogP contribution >= 0.6 is 35.3 Å². The Morgan fingerprint density at radius 1 is 1.23 bits per heavy atom. The van der Waals surface area contributed by atoms with Gasteiger partial charge in [0.15, 0.2) is 5.96 Å². The van der Waals surface area contributed by atoms with Crippen molar-refractivity contribution in [2.24, 2.45) is 10.4 Å². The smallest absolute Gasteiger partial charge is 0.191 e. The highest BCUT2D eigenvalue weighted by Gasteiger charge is 2.09. The van der Waals surface area contributed by atoms with Gasteiger partial charge in [-0.3, -0.25) is 0 Å². The average Bonchev–Trinajstić information content (AvgIpc) is 2.69. The van der Waals surface area contributed by atoms with E-state index in [0.29, 0.717) is 12.0 Å². The van der Waals surface area contributed by atoms with E-state index in [2.05, 4.69) is 55.2 Å². The number of halogens is 1. The molecular weight excluding hydrogens is 407 g/mol. The Labute approximate surface area is 156 Å². The molecule has 2 N–H and O–H groups in total. The van der Waals surface area contributed by atoms with Crippen LogP contribution in [0, 0.1) is 19.3 Å². The molecule has 0 fully saturated rings. The van der Waals surface area contributed by atoms with Crippen LogP contribution in [0.3, 0.4) is 0 Å². The number of guanidine groups is 1. The van der Waals surface area contributed by atoms with Crippen molar-refractivity contribution in [3.05, 3.63) is 15.6 Å². The predicted molar refractivity (Wildman–Crippen MR) is 109 cm³/mol. The number of aliphatic imine (C=N–C) groups is 1. The van der Waals surface area contributed by atoms with E-state index in [-0.39, 0.29) is 24.0 Å². The third-order valence-corrected chi connectivity index (χ3v) is 4.18. The Morgan fingerprint density at radius 3 is 2.41 bits per heavy atom. The van der Waals surface area contributed by atoms with E-state index in [9.17, 15) is 0 Å². The molecule has 0 radical (unpaired) electrons. The standard InChI is InChI=1S/C16H30N4S.HI/c1-7-17-15(18-10-8-9-16(4,5)6)19-11-14-12(2)20-13(3)21-14;/h7-11H2,1-6H3,(H2,17,18,19);1H. The van der Waals surface area contributed by atoms with Crippen LogP contribution in [-0.2, 0) is 6.54 Å². The summed E-state index contributed by atoms with van der Waals surface area (Å²) in [7, 11) is 0. The number of aromatic nitrogens is 1. The second-order valence-corrected chi connectivity index (χ2v) is 7.82. The lowest BCUT2D eigenvalue weighted by atomic mass is 9.91. The van der Waals surface area contributed by atoms with Crippen LogP contribution in [0.5, 0.6) is 0 Å². The van der Waals surface area contributed by atoms with Gasteiger partial charge in [-0.2, -0.15) is 0 Å². The minimum Gasteiger partial charge on any atom is -0.357 e. The molecule has 1 aromatic heterocycles. The molecule has 0 aliphatic carbocycles. The number of hydrogen-bond acceptors (Lipinski definition) is 3. The third-order valence-electron chi connectivity index (χ3n) is 3.12. The summed E-state index contributed by atoms with van der Waals surface area (Å²) < 4.78 is 0. The lowest BCUT2D eigenvalue weighted by molar-refractivity contribution is 0.365. The van der Waals surface area contributed by atoms with Gasteiger partial charge in [0.25, 0.3) is 0 Å². The maximum Gasteiger partial charge on any atom is 0.191 e. The topological polar surface area (TPSA) is 49.3 Å². The summed E-state index contributed by atoms with van der Waals surface area (Å²) in [4.78, 5) is 10.4. The minimum atomic E-state index is 0. The molecule has 1 heterocycles. The van der Waals surface area contributed by atoms with Gasteiger partial charge in [-0.1, -0.05) is 20.8 Å². The van der Waals surface area contributed by atoms with Crippen molar-refractivity contribution in [2.75, 3.05) is 13.1 Å². The van der Waals surface area contributed by atoms with Crippen molar-refractivity contribution in [1.82, 2.24) is 15.6 Å². The van der Waals surface area contributed by atoms with Crippen molar-refractivity contribution in [2.45, 2.75) is 60.9 Å². The van der Waals surface area contributed by atoms with E-state index >= 15 is 0 Å². The van der Waals surface area contributed by atoms with Crippen LogP contribution in [0.15, 0.2) is 4.99 Å². The van der Waals surface area contributed by atoms with Crippen LogP contribution in [0.1, 0.15) is 56.1 Å². The number of thiazole rings is 1. The second-order valence-electron chi connectivity index (χ2n) is 6.53. The van der Waals surface area contributed by atoms with Crippen LogP contribution in [0.25, 0.3) is 0 Å². The third kappa shape index (κ3) is 8.92. The molecule has 6 heteroatoms. The van der Waals surface area contributed by atoms with Crippen molar-refractivity contribution < 1.29 is 0 Å². The highest BCUT2D eigenvalue weighted by Crippen LogP contribution is 2.20. The molecule has 0 unspecified atom stereocenters. The summed E-state index contributed by atoms with van der Waals surface area (Å²) >= 11 is 1.73. The van der Waals surface area contributed by atoms with E-state index in [4.69, 9.17) is 0 Å². The second kappa shape index (κ2) is 10.4. The number of aryl methyl sites for hydroxylation is 2. The summed E-state index contributed by atoms with van der Waals surface area (Å²) in [5.41, 5.74) is 1.50. The molecule has 0 aliphatic rings. The number of nitrogens with one attached hydrogen (secondary N) is 2. The van der Waals surface area contributed by atoms with E-state index in [1.165, 1.54) is 11.3 Å². The Balaban J connectivity index is 0.00000441. The molecule has 22 heavy (non-hydrogen) atoms. The van der Waals surface area contributed by atoms with E-state index in [1.54, 1.807) is 11.3 Å². The van der Waals surface area contributed by atoms with E-state index in [0.717, 1.165) is 36.2 Å². The summed E-state index contributed by atoms with van der Waals surface area (Å²) in [6.07, 6.45) is 2.37. The lowest BCUT2D eigenvalue weighted by Crippen LogP contribution is -2.38. The SMILES string of the molecule is CCNC(=NCc1sc(C)nc1C)NCCCC(C)(C)C.I. The molecule has 1 aromatic rings. The summed E-state index contributed by atoms with van der Waals surface area (Å²) in [5, 5.41) is 7.82. The molecule has 4 nitrogen and oxygen atoms in total. The zero-order valence-corrected chi connectivity index (χ0v) is 17.9. The zero-order valence-electron chi connectivity index (χ0n) is 14.7. The molecule has 0 bridgehead atoms. The first-order valence-electron chi connectivity index (χ1n) is 7.77. The maximum absolute atomic E-state index is 4.66. The highest BCUT2D eigenvalue weighted by molar-refractivity contribution is 14.0. The first-order valence-corrected chi connectivity index (χ1v) is 8.58. The van der Waals surface area contributed by atoms with Gasteiger partial charge in [-0.05, 0) is 39.0 Å². The highest BCUT2D eigenvalue weighted by atomic mass is 127. The Kier molecular flexibility index (Phi) is 10.2. The predicted octanol–water partition coefficient (Wildman–Crippen LogP) is 4.26. The largest absolute Gasteiger partial charge is 0.357 e. The zero-order chi connectivity index (χ0) is 15.9. The fraction of sp³-hybridized carbons (Fsp3) is 0.750. The Morgan fingerprint density at radius 2 is 1.91 bits per heavy atom. The van der Waals surface area contributed by atoms with Gasteiger partial charge in [0.05, 0.1) is 17.2 Å². The molecule has 0 atom stereocenters. The fourth-order valence-electron chi connectivity index (χ4n) is 2.04. The van der Waals surface area contributed by atoms with E-state index in [1.807, 2.05) is 6.92 Å². The van der Waals surface area contributed by atoms with Crippen molar-refractivity contribution in [3.63, 3.8) is 0 Å². The first-order chi connectivity index (χ1) is 9.81. The lowest BCUT2D eigenvalue weighted by Gasteiger charge is -2.18. The molecule has 128 valence electrons. The number of hydrogen-bond donors (Lipinski definition) is 2. The average molecular weight is 438 g/mol. The fourth-order valence-corrected chi connectivity index (χ4v) is 2.90. The normalized spacial score (nSPS) is 12.0. The maximum atomic E-state index is 4.66. The van der Waals surface area contributed by atoms with Crippen molar-refractivity contribution in [3.8, 4) is 0 Å². The van der Waals surface area contributed by atoms with Crippen LogP contribution in [0.2, 0.25) is 0 Å². The van der Waals surface area contributed by atoms with Gasteiger partial charge in [0, 0.05) is 18.0 Å². The Bertz CT molecular complexity index is 463. The molecular formula is C16H31IN4S. The summed E-state index contributed by atoms with van der Waals surface area (Å²) in [5.74, 6) is 0.900. The van der Waals surface area contributed by atoms with Crippen LogP contribution in [-0.4, -0.2) is 24.0 Å². The summed E-state index contributed by atoms with van der Waals surface area (Å²) in [6.45, 7) is 15.6. The number of nitrogens with zero attached hydrogens (tertiary/aromatic N) is 2. The van der Waals surface area contributed by atoms with Gasteiger partial charge in [0.1, 0.15) is 0 Å². The number of rotatable bonds is 6. The monoisotopic (exact) mass is 438 g/mol. The van der Waals surface area contributed by atoms with Crippen LogP contribution < -0.4 is 10.6 Å². The molecule has 0 aromatic carbocycles. The molecule has 0 spiro atoms. The van der Waals surface area contributed by atoms with Crippen molar-refractivity contribution >= 4 is 41.3 Å². The van der Waals surface area contributed by atoms with Gasteiger partial charge in [0.2, 0.25) is 0 Å². The quantitative estimate of drug-likeness (QED) is 0.302. The first kappa shape index (κ1) is 21.6. The minimum absolute atomic E-state index is 0. The molecule has 0 saturated carbocycles. The molecule has 0 amide bonds. The van der Waals surface area contributed by atoms with Crippen LogP contribution in [0.4, 0.5) is 0 Å². The Hall–Kier alpha value is -0.370. The molecule has 1 rings (SSSR count).